The molecule has 0 spiro atoms. The summed E-state index contributed by atoms with van der Waals surface area (Å²) in [4.78, 5) is 0. The van der Waals surface area contributed by atoms with Crippen LogP contribution in [0.4, 0.5) is 0 Å². The second-order valence-electron chi connectivity index (χ2n) is 10.9. The van der Waals surface area contributed by atoms with Gasteiger partial charge in [0.1, 0.15) is 29.6 Å². The van der Waals surface area contributed by atoms with E-state index in [0.29, 0.717) is 6.61 Å². The highest BCUT2D eigenvalue weighted by Crippen LogP contribution is 2.42. The predicted molar refractivity (Wildman–Crippen MR) is 158 cm³/mol. The molecule has 2 saturated heterocycles. The van der Waals surface area contributed by atoms with Gasteiger partial charge in [0.2, 0.25) is 0 Å². The van der Waals surface area contributed by atoms with Crippen LogP contribution in [-0.2, 0) is 35.9 Å². The van der Waals surface area contributed by atoms with Crippen LogP contribution in [-0.4, -0.2) is 47.9 Å². The Bertz CT molecular complexity index is 1370. The van der Waals surface area contributed by atoms with Crippen molar-refractivity contribution in [3.05, 3.63) is 144 Å². The molecule has 7 heteroatoms. The van der Waals surface area contributed by atoms with Gasteiger partial charge >= 0.3 is 0 Å². The summed E-state index contributed by atoms with van der Waals surface area (Å²) in [5.74, 6) is -0.852. The first-order chi connectivity index (χ1) is 20.5. The maximum absolute atomic E-state index is 10.3. The standard InChI is InChI=1S/C35H35NO6/c1-34(2)41-31-30(40-33(32(31)42-34)38-23-25-15-7-3-8-16-25)29(36-37)24-39-35(26-17-9-4-10-18-26,27-19-11-5-12-20-27)28-21-13-6-14-22-28/h3-22,30-33,37H,23-24H2,1-2H3/b36-29+. The molecule has 4 unspecified atom stereocenters. The Balaban J connectivity index is 1.31. The molecule has 6 rings (SSSR count). The number of ether oxygens (including phenoxy) is 5. The van der Waals surface area contributed by atoms with E-state index >= 15 is 0 Å². The van der Waals surface area contributed by atoms with Gasteiger partial charge in [-0.05, 0) is 36.1 Å². The van der Waals surface area contributed by atoms with Gasteiger partial charge < -0.3 is 28.9 Å². The Morgan fingerprint density at radius 2 is 1.21 bits per heavy atom. The monoisotopic (exact) mass is 565 g/mol. The first-order valence-corrected chi connectivity index (χ1v) is 14.2. The molecule has 0 amide bonds. The van der Waals surface area contributed by atoms with Gasteiger partial charge in [-0.25, -0.2) is 0 Å². The summed E-state index contributed by atoms with van der Waals surface area (Å²) in [7, 11) is 0. The molecule has 0 radical (unpaired) electrons. The van der Waals surface area contributed by atoms with Crippen molar-refractivity contribution in [2.45, 2.75) is 56.4 Å². The Kier molecular flexibility index (Phi) is 8.20. The third kappa shape index (κ3) is 5.62. The van der Waals surface area contributed by atoms with Crippen LogP contribution in [0.5, 0.6) is 0 Å². The number of nitrogens with zero attached hydrogens (tertiary/aromatic N) is 1. The molecule has 7 nitrogen and oxygen atoms in total. The van der Waals surface area contributed by atoms with Crippen molar-refractivity contribution in [2.75, 3.05) is 6.61 Å². The largest absolute Gasteiger partial charge is 0.411 e. The average Bonchev–Trinajstić information content (AvgIpc) is 3.53. The summed E-state index contributed by atoms with van der Waals surface area (Å²) in [6.45, 7) is 4.01. The molecule has 42 heavy (non-hydrogen) atoms. The second-order valence-corrected chi connectivity index (χ2v) is 10.9. The van der Waals surface area contributed by atoms with E-state index in [0.717, 1.165) is 22.3 Å². The average molecular weight is 566 g/mol. The molecule has 2 aliphatic heterocycles. The molecule has 2 aliphatic rings. The Morgan fingerprint density at radius 1 is 0.738 bits per heavy atom. The molecule has 0 bridgehead atoms. The summed E-state index contributed by atoms with van der Waals surface area (Å²) in [6, 6.07) is 40.0. The van der Waals surface area contributed by atoms with E-state index in [1.807, 2.05) is 135 Å². The van der Waals surface area contributed by atoms with E-state index in [9.17, 15) is 5.21 Å². The summed E-state index contributed by atoms with van der Waals surface area (Å²) in [5.41, 5.74) is 3.12. The Labute approximate surface area is 246 Å². The SMILES string of the molecule is CC1(C)OC2C(OCc3ccccc3)OC(/C(COC(c3ccccc3)(c3ccccc3)c3ccccc3)=N/O)C2O1. The second kappa shape index (κ2) is 12.2. The Hall–Kier alpha value is -3.85. The predicted octanol–water partition coefficient (Wildman–Crippen LogP) is 6.29. The first-order valence-electron chi connectivity index (χ1n) is 14.2. The summed E-state index contributed by atoms with van der Waals surface area (Å²) >= 11 is 0. The van der Waals surface area contributed by atoms with Crippen molar-refractivity contribution >= 4 is 5.71 Å². The zero-order chi connectivity index (χ0) is 29.0. The maximum atomic E-state index is 10.3. The summed E-state index contributed by atoms with van der Waals surface area (Å²) in [5, 5.41) is 14.0. The highest BCUT2D eigenvalue weighted by atomic mass is 16.8. The molecule has 0 aliphatic carbocycles. The third-order valence-electron chi connectivity index (χ3n) is 7.70. The fraction of sp³-hybridized carbons (Fsp3) is 0.286. The molecule has 0 saturated carbocycles. The highest BCUT2D eigenvalue weighted by Gasteiger charge is 2.57. The minimum Gasteiger partial charge on any atom is -0.411 e. The molecule has 4 atom stereocenters. The van der Waals surface area contributed by atoms with Crippen molar-refractivity contribution in [1.82, 2.24) is 0 Å². The van der Waals surface area contributed by atoms with Crippen molar-refractivity contribution < 1.29 is 28.9 Å². The number of hydrogen-bond donors (Lipinski definition) is 1. The van der Waals surface area contributed by atoms with E-state index in [4.69, 9.17) is 23.7 Å². The quantitative estimate of drug-likeness (QED) is 0.105. The molecule has 2 fully saturated rings. The van der Waals surface area contributed by atoms with Gasteiger partial charge in [-0.1, -0.05) is 126 Å². The van der Waals surface area contributed by atoms with Gasteiger partial charge in [0.25, 0.3) is 0 Å². The number of oxime groups is 1. The van der Waals surface area contributed by atoms with Gasteiger partial charge in [0.15, 0.2) is 12.1 Å². The van der Waals surface area contributed by atoms with Crippen LogP contribution in [0.3, 0.4) is 0 Å². The summed E-state index contributed by atoms with van der Waals surface area (Å²) in [6.07, 6.45) is -2.52. The normalized spacial score (nSPS) is 23.5. The minimum atomic E-state index is -0.993. The van der Waals surface area contributed by atoms with Gasteiger partial charge in [0.05, 0.1) is 13.2 Å². The molecule has 0 aromatic heterocycles. The molecule has 4 aromatic carbocycles. The molecular formula is C35H35NO6. The fourth-order valence-electron chi connectivity index (χ4n) is 5.83. The van der Waals surface area contributed by atoms with E-state index in [-0.39, 0.29) is 12.3 Å². The van der Waals surface area contributed by atoms with Crippen LogP contribution in [0.15, 0.2) is 126 Å². The van der Waals surface area contributed by atoms with E-state index in [1.54, 1.807) is 0 Å². The number of hydrogen-bond acceptors (Lipinski definition) is 7. The van der Waals surface area contributed by atoms with Crippen molar-refractivity contribution in [3.8, 4) is 0 Å². The highest BCUT2D eigenvalue weighted by molar-refractivity contribution is 5.90. The number of benzene rings is 4. The summed E-state index contributed by atoms with van der Waals surface area (Å²) < 4.78 is 31.9. The lowest BCUT2D eigenvalue weighted by molar-refractivity contribution is -0.229. The third-order valence-corrected chi connectivity index (χ3v) is 7.70. The van der Waals surface area contributed by atoms with Gasteiger partial charge in [0, 0.05) is 0 Å². The zero-order valence-corrected chi connectivity index (χ0v) is 23.7. The fourth-order valence-corrected chi connectivity index (χ4v) is 5.83. The van der Waals surface area contributed by atoms with Gasteiger partial charge in [-0.15, -0.1) is 0 Å². The van der Waals surface area contributed by atoms with Crippen LogP contribution in [0.2, 0.25) is 0 Å². The smallest absolute Gasteiger partial charge is 0.187 e. The van der Waals surface area contributed by atoms with E-state index in [2.05, 4.69) is 5.16 Å². The van der Waals surface area contributed by atoms with Gasteiger partial charge in [-0.2, -0.15) is 0 Å². The molecule has 1 N–H and O–H groups in total. The molecule has 216 valence electrons. The number of rotatable bonds is 10. The van der Waals surface area contributed by atoms with E-state index < -0.39 is 36.0 Å². The van der Waals surface area contributed by atoms with Crippen molar-refractivity contribution in [3.63, 3.8) is 0 Å². The first kappa shape index (κ1) is 28.3. The van der Waals surface area contributed by atoms with Crippen LogP contribution in [0.1, 0.15) is 36.1 Å². The van der Waals surface area contributed by atoms with Gasteiger partial charge in [-0.3, -0.25) is 0 Å². The lowest BCUT2D eigenvalue weighted by Gasteiger charge is -2.36. The van der Waals surface area contributed by atoms with Crippen LogP contribution in [0, 0.1) is 0 Å². The minimum absolute atomic E-state index is 0.0434. The van der Waals surface area contributed by atoms with Crippen LogP contribution in [0.25, 0.3) is 0 Å². The lowest BCUT2D eigenvalue weighted by atomic mass is 9.80. The zero-order valence-electron chi connectivity index (χ0n) is 23.7. The van der Waals surface area contributed by atoms with Crippen molar-refractivity contribution in [1.29, 1.82) is 0 Å². The lowest BCUT2D eigenvalue weighted by Crippen LogP contribution is -2.41. The topological polar surface area (TPSA) is 78.7 Å². The molecule has 2 heterocycles. The maximum Gasteiger partial charge on any atom is 0.187 e. The van der Waals surface area contributed by atoms with E-state index in [1.165, 1.54) is 0 Å². The number of fused-ring (bicyclic) bond motifs is 1. The molecular weight excluding hydrogens is 530 g/mol. The van der Waals surface area contributed by atoms with Crippen LogP contribution < -0.4 is 0 Å². The Morgan fingerprint density at radius 3 is 1.71 bits per heavy atom. The van der Waals surface area contributed by atoms with Crippen molar-refractivity contribution in [2.24, 2.45) is 5.16 Å². The molecule has 4 aromatic rings. The van der Waals surface area contributed by atoms with Crippen LogP contribution >= 0.6 is 0 Å².